The average Bonchev–Trinajstić information content (AvgIpc) is 2.66. The number of nitrogens with zero attached hydrogens (tertiary/aromatic N) is 1. The summed E-state index contributed by atoms with van der Waals surface area (Å²) in [5.74, 6) is -0.377. The van der Waals surface area contributed by atoms with Gasteiger partial charge in [0.05, 0.1) is 12.5 Å². The number of rotatable bonds is 3. The van der Waals surface area contributed by atoms with E-state index in [-0.39, 0.29) is 12.5 Å². The second kappa shape index (κ2) is 4.53. The highest BCUT2D eigenvalue weighted by atomic mass is 35.5. The second-order valence-electron chi connectivity index (χ2n) is 3.50. The van der Waals surface area contributed by atoms with Crippen LogP contribution in [0.5, 0.6) is 0 Å². The minimum Gasteiger partial charge on any atom is -0.481 e. The summed E-state index contributed by atoms with van der Waals surface area (Å²) in [6.45, 7) is 0.324. The van der Waals surface area contributed by atoms with Crippen LogP contribution >= 0.6 is 11.6 Å². The number of ether oxygens (including phenoxy) is 1. The number of halogens is 1. The van der Waals surface area contributed by atoms with Gasteiger partial charge in [0.2, 0.25) is 5.90 Å². The Morgan fingerprint density at radius 3 is 2.81 bits per heavy atom. The quantitative estimate of drug-likeness (QED) is 0.877. The highest BCUT2D eigenvalue weighted by Crippen LogP contribution is 2.16. The molecule has 1 aliphatic heterocycles. The number of hydrogen-bond acceptors (Lipinski definition) is 3. The molecule has 0 radical (unpaired) electrons. The van der Waals surface area contributed by atoms with E-state index in [4.69, 9.17) is 21.4 Å². The molecular weight excluding hydrogens is 230 g/mol. The number of benzene rings is 1. The van der Waals surface area contributed by atoms with Crippen molar-refractivity contribution in [1.82, 2.24) is 0 Å². The number of carboxylic acid groups (broad SMARTS) is 1. The Bertz CT molecular complexity index is 427. The van der Waals surface area contributed by atoms with Gasteiger partial charge in [-0.25, -0.2) is 4.99 Å². The molecule has 84 valence electrons. The van der Waals surface area contributed by atoms with Crippen LogP contribution in [0.4, 0.5) is 0 Å². The van der Waals surface area contributed by atoms with E-state index >= 15 is 0 Å². The summed E-state index contributed by atoms with van der Waals surface area (Å²) in [5, 5.41) is 9.27. The Hall–Kier alpha value is -1.55. The first-order valence-electron chi connectivity index (χ1n) is 4.83. The van der Waals surface area contributed by atoms with E-state index in [1.54, 1.807) is 24.3 Å². The Labute approximate surface area is 97.5 Å². The fourth-order valence-electron chi connectivity index (χ4n) is 1.47. The van der Waals surface area contributed by atoms with Gasteiger partial charge >= 0.3 is 5.97 Å². The van der Waals surface area contributed by atoms with Gasteiger partial charge in [-0.15, -0.1) is 0 Å². The van der Waals surface area contributed by atoms with Gasteiger partial charge in [-0.2, -0.15) is 0 Å². The lowest BCUT2D eigenvalue weighted by atomic mass is 10.2. The van der Waals surface area contributed by atoms with Gasteiger partial charge in [0.15, 0.2) is 0 Å². The zero-order valence-electron chi connectivity index (χ0n) is 8.39. The van der Waals surface area contributed by atoms with Gasteiger partial charge in [-0.1, -0.05) is 11.6 Å². The van der Waals surface area contributed by atoms with Crippen molar-refractivity contribution in [2.45, 2.75) is 12.5 Å². The van der Waals surface area contributed by atoms with E-state index in [0.29, 0.717) is 17.5 Å². The number of hydrogen-bond donors (Lipinski definition) is 1. The summed E-state index contributed by atoms with van der Waals surface area (Å²) in [7, 11) is 0. The third-order valence-electron chi connectivity index (χ3n) is 2.21. The van der Waals surface area contributed by atoms with Crippen LogP contribution in [0.25, 0.3) is 0 Å². The summed E-state index contributed by atoms with van der Waals surface area (Å²) in [4.78, 5) is 14.7. The zero-order chi connectivity index (χ0) is 11.5. The van der Waals surface area contributed by atoms with Crippen LogP contribution in [-0.2, 0) is 9.53 Å². The normalized spacial score (nSPS) is 19.1. The van der Waals surface area contributed by atoms with Crippen molar-refractivity contribution < 1.29 is 14.6 Å². The van der Waals surface area contributed by atoms with Crippen molar-refractivity contribution in [3.05, 3.63) is 34.9 Å². The topological polar surface area (TPSA) is 58.9 Å². The first-order valence-corrected chi connectivity index (χ1v) is 5.21. The Kier molecular flexibility index (Phi) is 3.10. The molecule has 2 rings (SSSR count). The maximum Gasteiger partial charge on any atom is 0.305 e. The van der Waals surface area contributed by atoms with Crippen molar-refractivity contribution in [3.8, 4) is 0 Å². The fraction of sp³-hybridized carbons (Fsp3) is 0.273. The largest absolute Gasteiger partial charge is 0.481 e. The summed E-state index contributed by atoms with van der Waals surface area (Å²) in [5.41, 5.74) is 0.817. The van der Waals surface area contributed by atoms with Crippen LogP contribution in [0.1, 0.15) is 12.0 Å². The molecule has 0 bridgehead atoms. The number of carbonyl (C=O) groups is 1. The molecule has 0 aromatic heterocycles. The lowest BCUT2D eigenvalue weighted by Crippen LogP contribution is -2.12. The molecule has 16 heavy (non-hydrogen) atoms. The Morgan fingerprint density at radius 2 is 2.19 bits per heavy atom. The van der Waals surface area contributed by atoms with E-state index in [1.807, 2.05) is 0 Å². The number of aliphatic carboxylic acids is 1. The van der Waals surface area contributed by atoms with Crippen LogP contribution in [0.2, 0.25) is 5.02 Å². The van der Waals surface area contributed by atoms with Crippen LogP contribution in [0.15, 0.2) is 29.3 Å². The lowest BCUT2D eigenvalue weighted by Gasteiger charge is -2.00. The van der Waals surface area contributed by atoms with Crippen molar-refractivity contribution in [2.24, 2.45) is 4.99 Å². The van der Waals surface area contributed by atoms with Gasteiger partial charge in [0.25, 0.3) is 0 Å². The molecule has 1 N–H and O–H groups in total. The summed E-state index contributed by atoms with van der Waals surface area (Å²) < 4.78 is 5.34. The molecule has 1 aliphatic rings. The summed E-state index contributed by atoms with van der Waals surface area (Å²) in [6.07, 6.45) is -0.00289. The number of aliphatic imine (C=N–C) groups is 1. The maximum atomic E-state index is 10.5. The first kappa shape index (κ1) is 11.0. The van der Waals surface area contributed by atoms with Crippen molar-refractivity contribution in [1.29, 1.82) is 0 Å². The molecular formula is C11H10ClNO3. The van der Waals surface area contributed by atoms with Crippen molar-refractivity contribution in [3.63, 3.8) is 0 Å². The highest BCUT2D eigenvalue weighted by molar-refractivity contribution is 6.30. The van der Waals surface area contributed by atoms with E-state index in [9.17, 15) is 4.79 Å². The molecule has 1 aromatic rings. The molecule has 0 amide bonds. The van der Waals surface area contributed by atoms with Crippen LogP contribution in [-0.4, -0.2) is 29.6 Å². The SMILES string of the molecule is O=C(O)CC1COC(c2ccc(Cl)cc2)=N1. The molecule has 4 nitrogen and oxygen atoms in total. The van der Waals surface area contributed by atoms with Gasteiger partial charge in [-0.3, -0.25) is 4.79 Å². The molecule has 0 aliphatic carbocycles. The van der Waals surface area contributed by atoms with E-state index in [1.165, 1.54) is 0 Å². The Morgan fingerprint density at radius 1 is 1.50 bits per heavy atom. The molecule has 0 spiro atoms. The van der Waals surface area contributed by atoms with Gasteiger partial charge in [0, 0.05) is 10.6 Å². The molecule has 1 aromatic carbocycles. The predicted octanol–water partition coefficient (Wildman–Crippen LogP) is 1.96. The van der Waals surface area contributed by atoms with Crippen molar-refractivity contribution in [2.75, 3.05) is 6.61 Å². The second-order valence-corrected chi connectivity index (χ2v) is 3.94. The molecule has 0 saturated carbocycles. The number of carboxylic acids is 1. The van der Waals surface area contributed by atoms with Crippen LogP contribution < -0.4 is 0 Å². The van der Waals surface area contributed by atoms with Gasteiger partial charge in [-0.05, 0) is 24.3 Å². The fourth-order valence-corrected chi connectivity index (χ4v) is 1.60. The molecule has 1 atom stereocenters. The van der Waals surface area contributed by atoms with Gasteiger partial charge < -0.3 is 9.84 Å². The van der Waals surface area contributed by atoms with E-state index in [0.717, 1.165) is 5.56 Å². The third kappa shape index (κ3) is 2.52. The summed E-state index contributed by atoms with van der Waals surface area (Å²) in [6, 6.07) is 6.79. The van der Waals surface area contributed by atoms with E-state index < -0.39 is 5.97 Å². The Balaban J connectivity index is 2.11. The van der Waals surface area contributed by atoms with Crippen LogP contribution in [0, 0.1) is 0 Å². The highest BCUT2D eigenvalue weighted by Gasteiger charge is 2.22. The molecule has 0 saturated heterocycles. The standard InChI is InChI=1S/C11H10ClNO3/c12-8-3-1-7(2-4-8)11-13-9(6-16-11)5-10(14)15/h1-4,9H,5-6H2,(H,14,15). The lowest BCUT2D eigenvalue weighted by molar-refractivity contribution is -0.137. The first-order chi connectivity index (χ1) is 7.65. The zero-order valence-corrected chi connectivity index (χ0v) is 9.15. The van der Waals surface area contributed by atoms with E-state index in [2.05, 4.69) is 4.99 Å². The molecule has 1 unspecified atom stereocenters. The third-order valence-corrected chi connectivity index (χ3v) is 2.47. The monoisotopic (exact) mass is 239 g/mol. The molecule has 1 heterocycles. The summed E-state index contributed by atoms with van der Waals surface area (Å²) >= 11 is 5.76. The predicted molar refractivity (Wildman–Crippen MR) is 60.0 cm³/mol. The van der Waals surface area contributed by atoms with Crippen molar-refractivity contribution >= 4 is 23.5 Å². The molecule has 0 fully saturated rings. The minimum absolute atomic E-state index is 0.00289. The maximum absolute atomic E-state index is 10.5. The van der Waals surface area contributed by atoms with Gasteiger partial charge in [0.1, 0.15) is 6.61 Å². The smallest absolute Gasteiger partial charge is 0.305 e. The average molecular weight is 240 g/mol. The minimum atomic E-state index is -0.866. The molecule has 5 heteroatoms. The van der Waals surface area contributed by atoms with Crippen LogP contribution in [0.3, 0.4) is 0 Å².